The van der Waals surface area contributed by atoms with Gasteiger partial charge in [-0.15, -0.1) is 0 Å². The number of amides is 2. The summed E-state index contributed by atoms with van der Waals surface area (Å²) in [6.07, 6.45) is 3.01. The van der Waals surface area contributed by atoms with Crippen molar-refractivity contribution in [3.63, 3.8) is 0 Å². The van der Waals surface area contributed by atoms with E-state index in [1.807, 2.05) is 0 Å². The van der Waals surface area contributed by atoms with Gasteiger partial charge < -0.3 is 15.9 Å². The summed E-state index contributed by atoms with van der Waals surface area (Å²) in [6.45, 7) is 3.26. The number of carbonyl (C=O) groups excluding carboxylic acids is 2. The second-order valence-electron chi connectivity index (χ2n) is 6.31. The lowest BCUT2D eigenvalue weighted by Crippen LogP contribution is -2.48. The molecule has 0 saturated carbocycles. The fourth-order valence-corrected chi connectivity index (χ4v) is 2.71. The van der Waals surface area contributed by atoms with Gasteiger partial charge in [-0.3, -0.25) is 19.3 Å². The van der Waals surface area contributed by atoms with Gasteiger partial charge in [0.25, 0.3) is 11.8 Å². The molecule has 0 aromatic heterocycles. The molecule has 2 atom stereocenters. The fraction of sp³-hybridized carbons (Fsp3) is 0.625. The molecule has 1 aliphatic heterocycles. The van der Waals surface area contributed by atoms with E-state index in [0.29, 0.717) is 19.3 Å². The average molecular weight is 340 g/mol. The third-order valence-electron chi connectivity index (χ3n) is 3.89. The monoisotopic (exact) mass is 340 g/mol. The molecular formula is C16H24N2O6. The number of unbranched alkanes of at least 4 members (excludes halogenated alkanes) is 1. The SMILES string of the molecule is CC(C)C(C(=O)O)N1C(=O)C=C(CC(N)CCCCC(=O)O)C1=O. The number of carboxylic acid groups (broad SMARTS) is 2. The molecule has 0 aromatic rings. The molecule has 2 amide bonds. The number of carbonyl (C=O) groups is 4. The van der Waals surface area contributed by atoms with Crippen molar-refractivity contribution in [2.24, 2.45) is 11.7 Å². The molecule has 4 N–H and O–H groups in total. The Bertz CT molecular complexity index is 555. The van der Waals surface area contributed by atoms with Crippen LogP contribution >= 0.6 is 0 Å². The first-order valence-electron chi connectivity index (χ1n) is 7.93. The summed E-state index contributed by atoms with van der Waals surface area (Å²) in [5.41, 5.74) is 6.14. The minimum atomic E-state index is -1.22. The van der Waals surface area contributed by atoms with Crippen LogP contribution in [0.3, 0.4) is 0 Å². The molecule has 0 saturated heterocycles. The molecule has 24 heavy (non-hydrogen) atoms. The zero-order chi connectivity index (χ0) is 18.4. The summed E-state index contributed by atoms with van der Waals surface area (Å²) >= 11 is 0. The van der Waals surface area contributed by atoms with Gasteiger partial charge in [0, 0.05) is 24.1 Å². The maximum atomic E-state index is 12.4. The Hall–Kier alpha value is -2.22. The van der Waals surface area contributed by atoms with E-state index in [4.69, 9.17) is 10.8 Å². The number of aliphatic carboxylic acids is 2. The number of hydrogen-bond donors (Lipinski definition) is 3. The van der Waals surface area contributed by atoms with Gasteiger partial charge in [-0.25, -0.2) is 4.79 Å². The maximum absolute atomic E-state index is 12.4. The molecule has 1 heterocycles. The van der Waals surface area contributed by atoms with Gasteiger partial charge in [-0.05, 0) is 25.2 Å². The number of nitrogens with zero attached hydrogens (tertiary/aromatic N) is 1. The molecule has 0 bridgehead atoms. The topological polar surface area (TPSA) is 138 Å². The van der Waals surface area contributed by atoms with Crippen LogP contribution in [0.15, 0.2) is 11.6 Å². The Labute approximate surface area is 140 Å². The molecule has 0 fully saturated rings. The Morgan fingerprint density at radius 3 is 2.33 bits per heavy atom. The third-order valence-corrected chi connectivity index (χ3v) is 3.89. The second-order valence-corrected chi connectivity index (χ2v) is 6.31. The molecular weight excluding hydrogens is 316 g/mol. The van der Waals surface area contributed by atoms with Gasteiger partial charge in [-0.2, -0.15) is 0 Å². The Morgan fingerprint density at radius 2 is 1.83 bits per heavy atom. The van der Waals surface area contributed by atoms with Gasteiger partial charge in [0.2, 0.25) is 0 Å². The summed E-state index contributed by atoms with van der Waals surface area (Å²) in [5, 5.41) is 17.8. The van der Waals surface area contributed by atoms with E-state index in [2.05, 4.69) is 0 Å². The predicted octanol–water partition coefficient (Wildman–Crippen LogP) is 0.753. The molecule has 8 nitrogen and oxygen atoms in total. The minimum absolute atomic E-state index is 0.0648. The van der Waals surface area contributed by atoms with Gasteiger partial charge >= 0.3 is 11.9 Å². The molecule has 1 aliphatic rings. The van der Waals surface area contributed by atoms with E-state index in [9.17, 15) is 24.3 Å². The largest absolute Gasteiger partial charge is 0.481 e. The van der Waals surface area contributed by atoms with E-state index < -0.39 is 35.7 Å². The highest BCUT2D eigenvalue weighted by Crippen LogP contribution is 2.24. The summed E-state index contributed by atoms with van der Waals surface area (Å²) in [7, 11) is 0. The highest BCUT2D eigenvalue weighted by molar-refractivity contribution is 6.17. The van der Waals surface area contributed by atoms with E-state index in [-0.39, 0.29) is 24.5 Å². The fourth-order valence-electron chi connectivity index (χ4n) is 2.71. The summed E-state index contributed by atoms with van der Waals surface area (Å²) in [4.78, 5) is 46.9. The number of rotatable bonds is 10. The zero-order valence-electron chi connectivity index (χ0n) is 13.9. The lowest BCUT2D eigenvalue weighted by molar-refractivity contribution is -0.155. The maximum Gasteiger partial charge on any atom is 0.327 e. The quantitative estimate of drug-likeness (QED) is 0.394. The predicted molar refractivity (Wildman–Crippen MR) is 84.9 cm³/mol. The standard InChI is InChI=1S/C16H24N2O6/c1-9(2)14(16(23)24)18-12(19)8-10(15(18)22)7-11(17)5-3-4-6-13(20)21/h8-9,11,14H,3-7,17H2,1-2H3,(H,20,21)(H,23,24). The van der Waals surface area contributed by atoms with Crippen molar-refractivity contribution in [2.75, 3.05) is 0 Å². The molecule has 0 radical (unpaired) electrons. The Morgan fingerprint density at radius 1 is 1.21 bits per heavy atom. The first kappa shape index (κ1) is 19.8. The van der Waals surface area contributed by atoms with E-state index in [1.54, 1.807) is 13.8 Å². The van der Waals surface area contributed by atoms with E-state index >= 15 is 0 Å². The molecule has 0 aromatic carbocycles. The summed E-state index contributed by atoms with van der Waals surface area (Å²) < 4.78 is 0. The van der Waals surface area contributed by atoms with Crippen LogP contribution in [0.25, 0.3) is 0 Å². The van der Waals surface area contributed by atoms with Gasteiger partial charge in [0.05, 0.1) is 0 Å². The summed E-state index contributed by atoms with van der Waals surface area (Å²) in [6, 6.07) is -1.59. The smallest absolute Gasteiger partial charge is 0.327 e. The second kappa shape index (κ2) is 8.58. The summed E-state index contributed by atoms with van der Waals surface area (Å²) in [5.74, 6) is -3.74. The highest BCUT2D eigenvalue weighted by atomic mass is 16.4. The number of nitrogens with two attached hydrogens (primary N) is 1. The van der Waals surface area contributed by atoms with Crippen molar-refractivity contribution in [3.8, 4) is 0 Å². The first-order chi connectivity index (χ1) is 11.1. The molecule has 2 unspecified atom stereocenters. The van der Waals surface area contributed by atoms with Crippen molar-refractivity contribution in [2.45, 2.75) is 58.0 Å². The van der Waals surface area contributed by atoms with Crippen LogP contribution in [0.4, 0.5) is 0 Å². The van der Waals surface area contributed by atoms with Crippen LogP contribution in [-0.4, -0.2) is 50.9 Å². The number of hydrogen-bond acceptors (Lipinski definition) is 5. The number of imide groups is 1. The number of carboxylic acids is 2. The minimum Gasteiger partial charge on any atom is -0.481 e. The molecule has 0 aliphatic carbocycles. The molecule has 134 valence electrons. The van der Waals surface area contributed by atoms with Crippen molar-refractivity contribution in [1.29, 1.82) is 0 Å². The molecule has 1 rings (SSSR count). The molecule has 0 spiro atoms. The van der Waals surface area contributed by atoms with Crippen LogP contribution in [-0.2, 0) is 19.2 Å². The van der Waals surface area contributed by atoms with Gasteiger partial charge in [-0.1, -0.05) is 20.3 Å². The average Bonchev–Trinajstić information content (AvgIpc) is 2.71. The zero-order valence-corrected chi connectivity index (χ0v) is 13.9. The first-order valence-corrected chi connectivity index (χ1v) is 7.93. The highest BCUT2D eigenvalue weighted by Gasteiger charge is 2.41. The molecule has 8 heteroatoms. The lowest BCUT2D eigenvalue weighted by Gasteiger charge is -2.26. The van der Waals surface area contributed by atoms with Crippen molar-refractivity contribution in [3.05, 3.63) is 11.6 Å². The van der Waals surface area contributed by atoms with Crippen molar-refractivity contribution >= 4 is 23.8 Å². The van der Waals surface area contributed by atoms with E-state index in [0.717, 1.165) is 11.0 Å². The van der Waals surface area contributed by atoms with Gasteiger partial charge in [0.15, 0.2) is 0 Å². The Kier molecular flexibility index (Phi) is 7.09. The van der Waals surface area contributed by atoms with Crippen molar-refractivity contribution in [1.82, 2.24) is 4.90 Å². The van der Waals surface area contributed by atoms with Crippen LogP contribution < -0.4 is 5.73 Å². The van der Waals surface area contributed by atoms with Crippen LogP contribution in [0, 0.1) is 5.92 Å². The van der Waals surface area contributed by atoms with Crippen LogP contribution in [0.1, 0.15) is 46.0 Å². The van der Waals surface area contributed by atoms with Crippen LogP contribution in [0.5, 0.6) is 0 Å². The normalized spacial score (nSPS) is 17.2. The lowest BCUT2D eigenvalue weighted by atomic mass is 10.00. The van der Waals surface area contributed by atoms with Crippen molar-refractivity contribution < 1.29 is 29.4 Å². The van der Waals surface area contributed by atoms with Crippen LogP contribution in [0.2, 0.25) is 0 Å². The van der Waals surface area contributed by atoms with Gasteiger partial charge in [0.1, 0.15) is 6.04 Å². The van der Waals surface area contributed by atoms with E-state index in [1.165, 1.54) is 0 Å². The Balaban J connectivity index is 2.63. The third kappa shape index (κ3) is 5.16.